The van der Waals surface area contributed by atoms with Gasteiger partial charge in [-0.2, -0.15) is 13.2 Å². The van der Waals surface area contributed by atoms with Crippen LogP contribution in [0.3, 0.4) is 0 Å². The molecule has 0 saturated heterocycles. The molecule has 11 heteroatoms. The molecule has 0 unspecified atom stereocenters. The van der Waals surface area contributed by atoms with Crippen LogP contribution in [0, 0.1) is 5.82 Å². The molecule has 1 amide bonds. The van der Waals surface area contributed by atoms with Crippen LogP contribution in [0.4, 0.5) is 23.2 Å². The van der Waals surface area contributed by atoms with Crippen molar-refractivity contribution in [2.24, 2.45) is 0 Å². The van der Waals surface area contributed by atoms with Gasteiger partial charge in [0, 0.05) is 11.6 Å². The monoisotopic (exact) mass is 474 g/mol. The predicted octanol–water partition coefficient (Wildman–Crippen LogP) is 4.51. The maximum absolute atomic E-state index is 14.1. The van der Waals surface area contributed by atoms with E-state index in [2.05, 4.69) is 5.32 Å². The Kier molecular flexibility index (Phi) is 7.89. The molecule has 2 aromatic carbocycles. The van der Waals surface area contributed by atoms with Gasteiger partial charge in [-0.25, -0.2) is 12.8 Å². The summed E-state index contributed by atoms with van der Waals surface area (Å²) >= 11 is 0. The molecule has 0 aliphatic rings. The minimum Gasteiger partial charge on any atom is -0.493 e. The predicted molar refractivity (Wildman–Crippen MR) is 113 cm³/mol. The van der Waals surface area contributed by atoms with E-state index in [1.807, 2.05) is 4.72 Å². The second-order valence-corrected chi connectivity index (χ2v) is 8.61. The molecule has 32 heavy (non-hydrogen) atoms. The van der Waals surface area contributed by atoms with Gasteiger partial charge in [-0.15, -0.1) is 0 Å². The van der Waals surface area contributed by atoms with Crippen LogP contribution in [-0.4, -0.2) is 27.2 Å². The highest BCUT2D eigenvalue weighted by Gasteiger charge is 2.31. The number of anilines is 1. The van der Waals surface area contributed by atoms with Crippen LogP contribution in [0.5, 0.6) is 5.75 Å². The third-order valence-corrected chi connectivity index (χ3v) is 4.79. The van der Waals surface area contributed by atoms with Gasteiger partial charge in [0.15, 0.2) is 0 Å². The number of hydrogen-bond acceptors (Lipinski definition) is 4. The molecule has 0 radical (unpaired) electrons. The average Bonchev–Trinajstić information content (AvgIpc) is 2.67. The molecule has 0 aliphatic carbocycles. The van der Waals surface area contributed by atoms with Gasteiger partial charge in [-0.05, 0) is 49.8 Å². The first kappa shape index (κ1) is 25.2. The van der Waals surface area contributed by atoms with Crippen LogP contribution in [0.2, 0.25) is 0 Å². The number of ether oxygens (including phenoxy) is 1. The average molecular weight is 474 g/mol. The van der Waals surface area contributed by atoms with Crippen LogP contribution in [0.15, 0.2) is 42.5 Å². The third-order valence-electron chi connectivity index (χ3n) is 4.20. The maximum atomic E-state index is 14.1. The summed E-state index contributed by atoms with van der Waals surface area (Å²) in [6.45, 7) is 3.35. The Morgan fingerprint density at radius 1 is 1.19 bits per heavy atom. The number of carbonyl (C=O) groups is 1. The number of halogens is 4. The molecule has 0 heterocycles. The molecule has 174 valence electrons. The maximum Gasteiger partial charge on any atom is 0.416 e. The lowest BCUT2D eigenvalue weighted by molar-refractivity contribution is -0.137. The van der Waals surface area contributed by atoms with E-state index < -0.39 is 39.5 Å². The van der Waals surface area contributed by atoms with Crippen molar-refractivity contribution >= 4 is 27.7 Å². The number of carbonyl (C=O) groups excluding carboxylic acids is 1. The third kappa shape index (κ3) is 7.26. The van der Waals surface area contributed by atoms with Crippen molar-refractivity contribution < 1.29 is 35.5 Å². The van der Waals surface area contributed by atoms with Crippen LogP contribution < -0.4 is 14.8 Å². The quantitative estimate of drug-likeness (QED) is 0.436. The van der Waals surface area contributed by atoms with Gasteiger partial charge in [-0.1, -0.05) is 12.1 Å². The zero-order valence-electron chi connectivity index (χ0n) is 17.5. The van der Waals surface area contributed by atoms with Crippen LogP contribution in [-0.2, 0) is 21.0 Å². The number of rotatable bonds is 8. The lowest BCUT2D eigenvalue weighted by atomic mass is 10.1. The molecule has 0 saturated carbocycles. The zero-order chi connectivity index (χ0) is 24.1. The highest BCUT2D eigenvalue weighted by molar-refractivity contribution is 7.92. The summed E-state index contributed by atoms with van der Waals surface area (Å²) in [6.07, 6.45) is -1.20. The largest absolute Gasteiger partial charge is 0.493 e. The standard InChI is InChI=1S/C21H22F4N2O4S/c1-4-31-19-12-16(21(23,24)25)8-5-14(19)7-10-20(28)26-13(2)15-6-9-18(17(22)11-15)27-32(3,29)30/h5-13,27H,4H2,1-3H3,(H,26,28)/b10-7+/t13-/m1/s1. The number of nitrogens with one attached hydrogen (secondary N) is 2. The van der Waals surface area contributed by atoms with Crippen molar-refractivity contribution in [3.05, 3.63) is 65.0 Å². The first-order valence-electron chi connectivity index (χ1n) is 9.40. The van der Waals surface area contributed by atoms with Crippen molar-refractivity contribution in [3.63, 3.8) is 0 Å². The van der Waals surface area contributed by atoms with Crippen LogP contribution in [0.25, 0.3) is 6.08 Å². The molecular formula is C21H22F4N2O4S. The number of alkyl halides is 3. The minimum absolute atomic E-state index is 0.0181. The summed E-state index contributed by atoms with van der Waals surface area (Å²) < 4.78 is 82.6. The van der Waals surface area contributed by atoms with Crippen LogP contribution in [0.1, 0.15) is 36.6 Å². The molecule has 2 aromatic rings. The molecule has 1 atom stereocenters. The normalized spacial score (nSPS) is 13.1. The molecule has 0 aromatic heterocycles. The molecular weight excluding hydrogens is 452 g/mol. The Morgan fingerprint density at radius 2 is 1.88 bits per heavy atom. The Hall–Kier alpha value is -3.08. The van der Waals surface area contributed by atoms with E-state index in [4.69, 9.17) is 4.74 Å². The number of sulfonamides is 1. The highest BCUT2D eigenvalue weighted by Crippen LogP contribution is 2.33. The highest BCUT2D eigenvalue weighted by atomic mass is 32.2. The summed E-state index contributed by atoms with van der Waals surface area (Å²) in [6, 6.07) is 6.09. The molecule has 0 fully saturated rings. The first-order chi connectivity index (χ1) is 14.8. The number of benzene rings is 2. The van der Waals surface area contributed by atoms with Gasteiger partial charge in [0.25, 0.3) is 0 Å². The van der Waals surface area contributed by atoms with E-state index in [0.717, 1.165) is 30.5 Å². The number of amides is 1. The van der Waals surface area contributed by atoms with E-state index in [9.17, 15) is 30.8 Å². The smallest absolute Gasteiger partial charge is 0.416 e. The molecule has 0 bridgehead atoms. The molecule has 2 rings (SSSR count). The lowest BCUT2D eigenvalue weighted by Crippen LogP contribution is -2.24. The van der Waals surface area contributed by atoms with Gasteiger partial charge >= 0.3 is 6.18 Å². The van der Waals surface area contributed by atoms with E-state index >= 15 is 0 Å². The Balaban J connectivity index is 2.12. The summed E-state index contributed by atoms with van der Waals surface area (Å²) in [7, 11) is -3.65. The minimum atomic E-state index is -4.53. The van der Waals surface area contributed by atoms with Gasteiger partial charge in [0.05, 0.1) is 30.2 Å². The SMILES string of the molecule is CCOc1cc(C(F)(F)F)ccc1/C=C/C(=O)N[C@H](C)c1ccc(NS(C)(=O)=O)c(F)c1. The van der Waals surface area contributed by atoms with Crippen molar-refractivity contribution in [1.82, 2.24) is 5.32 Å². The van der Waals surface area contributed by atoms with Crippen molar-refractivity contribution in [1.29, 1.82) is 0 Å². The van der Waals surface area contributed by atoms with E-state index in [1.54, 1.807) is 13.8 Å². The fraction of sp³-hybridized carbons (Fsp3) is 0.286. The van der Waals surface area contributed by atoms with Gasteiger partial charge in [0.1, 0.15) is 11.6 Å². The Morgan fingerprint density at radius 3 is 2.44 bits per heavy atom. The topological polar surface area (TPSA) is 84.5 Å². The summed E-state index contributed by atoms with van der Waals surface area (Å²) in [5, 5.41) is 2.60. The van der Waals surface area contributed by atoms with Crippen LogP contribution >= 0.6 is 0 Å². The second kappa shape index (κ2) is 10.0. The number of hydrogen-bond donors (Lipinski definition) is 2. The summed E-state index contributed by atoms with van der Waals surface area (Å²) in [5.41, 5.74) is -0.426. The van der Waals surface area contributed by atoms with Gasteiger partial charge < -0.3 is 10.1 Å². The van der Waals surface area contributed by atoms with Crippen molar-refractivity contribution in [2.45, 2.75) is 26.1 Å². The molecule has 2 N–H and O–H groups in total. The van der Waals surface area contributed by atoms with Crippen molar-refractivity contribution in [2.75, 3.05) is 17.6 Å². The van der Waals surface area contributed by atoms with Crippen molar-refractivity contribution in [3.8, 4) is 5.75 Å². The van der Waals surface area contributed by atoms with Gasteiger partial charge in [0.2, 0.25) is 15.9 Å². The second-order valence-electron chi connectivity index (χ2n) is 6.86. The molecule has 0 aliphatic heterocycles. The lowest BCUT2D eigenvalue weighted by Gasteiger charge is -2.15. The fourth-order valence-corrected chi connectivity index (χ4v) is 3.29. The zero-order valence-corrected chi connectivity index (χ0v) is 18.3. The van der Waals surface area contributed by atoms with E-state index in [0.29, 0.717) is 5.56 Å². The molecule has 6 nitrogen and oxygen atoms in total. The fourth-order valence-electron chi connectivity index (χ4n) is 2.72. The summed E-state index contributed by atoms with van der Waals surface area (Å²) in [4.78, 5) is 12.2. The summed E-state index contributed by atoms with van der Waals surface area (Å²) in [5.74, 6) is -1.40. The Bertz CT molecular complexity index is 1120. The molecule has 0 spiro atoms. The van der Waals surface area contributed by atoms with E-state index in [1.165, 1.54) is 24.3 Å². The first-order valence-corrected chi connectivity index (χ1v) is 11.3. The van der Waals surface area contributed by atoms with E-state index in [-0.39, 0.29) is 23.6 Å². The van der Waals surface area contributed by atoms with Gasteiger partial charge in [-0.3, -0.25) is 9.52 Å². The Labute approximate surface area is 183 Å².